The lowest BCUT2D eigenvalue weighted by molar-refractivity contribution is -0.122. The van der Waals surface area contributed by atoms with Gasteiger partial charge in [-0.15, -0.1) is 11.3 Å². The third-order valence-electron chi connectivity index (χ3n) is 5.53. The molecule has 3 aliphatic rings. The van der Waals surface area contributed by atoms with E-state index in [0.717, 1.165) is 22.5 Å². The summed E-state index contributed by atoms with van der Waals surface area (Å²) < 4.78 is 17.0. The number of benzene rings is 2. The van der Waals surface area contributed by atoms with E-state index in [1.165, 1.54) is 11.3 Å². The number of para-hydroxylation sites is 1. The number of thiazole rings is 1. The van der Waals surface area contributed by atoms with Crippen molar-refractivity contribution in [1.29, 1.82) is 0 Å². The van der Waals surface area contributed by atoms with Crippen LogP contribution in [0.4, 0.5) is 10.8 Å². The molecule has 1 atom stereocenters. The zero-order valence-electron chi connectivity index (χ0n) is 14.7. The van der Waals surface area contributed by atoms with E-state index in [2.05, 4.69) is 4.98 Å². The lowest BCUT2D eigenvalue weighted by atomic mass is 9.77. The summed E-state index contributed by atoms with van der Waals surface area (Å²) in [6.07, 6.45) is 0. The maximum absolute atomic E-state index is 13.8. The molecule has 1 spiro atoms. The number of nitrogens with zero attached hydrogens (tertiary/aromatic N) is 2. The highest BCUT2D eigenvalue weighted by molar-refractivity contribution is 7.13. The van der Waals surface area contributed by atoms with E-state index in [0.29, 0.717) is 28.9 Å². The summed E-state index contributed by atoms with van der Waals surface area (Å²) >= 11 is 1.37. The summed E-state index contributed by atoms with van der Waals surface area (Å²) in [5.41, 5.74) is 8.26. The van der Waals surface area contributed by atoms with Gasteiger partial charge in [-0.2, -0.15) is 0 Å². The Labute approximate surface area is 164 Å². The quantitative estimate of drug-likeness (QED) is 0.720. The first-order valence-corrected chi connectivity index (χ1v) is 9.73. The Morgan fingerprint density at radius 1 is 1.11 bits per heavy atom. The zero-order chi connectivity index (χ0) is 18.9. The Hall–Kier alpha value is -3.26. The fourth-order valence-electron chi connectivity index (χ4n) is 4.28. The van der Waals surface area contributed by atoms with E-state index in [1.807, 2.05) is 41.8 Å². The van der Waals surface area contributed by atoms with E-state index < -0.39 is 5.41 Å². The molecule has 0 aliphatic carbocycles. The van der Waals surface area contributed by atoms with Crippen LogP contribution in [0, 0.1) is 0 Å². The number of anilines is 2. The van der Waals surface area contributed by atoms with E-state index in [1.54, 1.807) is 4.90 Å². The number of hydrogen-bond donors (Lipinski definition) is 1. The van der Waals surface area contributed by atoms with Gasteiger partial charge in [0.2, 0.25) is 12.7 Å². The second-order valence-corrected chi connectivity index (χ2v) is 7.87. The predicted octanol–water partition coefficient (Wildman–Crippen LogP) is 2.68. The highest BCUT2D eigenvalue weighted by Crippen LogP contribution is 2.55. The normalized spacial score (nSPS) is 21.1. The van der Waals surface area contributed by atoms with Crippen molar-refractivity contribution in [3.63, 3.8) is 0 Å². The Kier molecular flexibility index (Phi) is 3.03. The van der Waals surface area contributed by atoms with Crippen molar-refractivity contribution < 1.29 is 19.0 Å². The molecule has 2 aromatic carbocycles. The van der Waals surface area contributed by atoms with Crippen LogP contribution in [-0.4, -0.2) is 24.3 Å². The summed E-state index contributed by atoms with van der Waals surface area (Å²) in [6.45, 7) is 0.787. The van der Waals surface area contributed by atoms with Gasteiger partial charge in [0, 0.05) is 22.7 Å². The van der Waals surface area contributed by atoms with Crippen molar-refractivity contribution in [3.8, 4) is 17.2 Å². The Balaban J connectivity index is 1.51. The second-order valence-electron chi connectivity index (χ2n) is 6.98. The van der Waals surface area contributed by atoms with Gasteiger partial charge in [-0.25, -0.2) is 4.98 Å². The van der Waals surface area contributed by atoms with Crippen LogP contribution in [0.25, 0.3) is 0 Å². The molecule has 1 amide bonds. The fourth-order valence-corrected chi connectivity index (χ4v) is 4.83. The number of ether oxygens (including phenoxy) is 3. The van der Waals surface area contributed by atoms with Crippen LogP contribution in [0.2, 0.25) is 0 Å². The van der Waals surface area contributed by atoms with Crippen LogP contribution in [-0.2, 0) is 16.8 Å². The molecule has 1 aromatic heterocycles. The topological polar surface area (TPSA) is 86.9 Å². The number of carbonyl (C=O) groups is 1. The van der Waals surface area contributed by atoms with Crippen LogP contribution in [0.1, 0.15) is 16.8 Å². The molecule has 4 heterocycles. The summed E-state index contributed by atoms with van der Waals surface area (Å²) in [4.78, 5) is 19.9. The SMILES string of the molecule is Nc1nc(CN2C(=O)C3(COc4cc5c(cc43)OCO5)c3ccccc32)cs1. The van der Waals surface area contributed by atoms with Crippen molar-refractivity contribution in [2.45, 2.75) is 12.0 Å². The van der Waals surface area contributed by atoms with Crippen LogP contribution >= 0.6 is 11.3 Å². The number of nitrogens with two attached hydrogens (primary N) is 1. The molecule has 1 unspecified atom stereocenters. The molecule has 0 bridgehead atoms. The number of nitrogen functional groups attached to an aromatic ring is 1. The number of fused-ring (bicyclic) bond motifs is 5. The molecular formula is C20H15N3O4S. The first kappa shape index (κ1) is 15.8. The van der Waals surface area contributed by atoms with Crippen LogP contribution in [0.3, 0.4) is 0 Å². The van der Waals surface area contributed by atoms with Gasteiger partial charge in [-0.1, -0.05) is 18.2 Å². The molecule has 0 fully saturated rings. The Bertz CT molecular complexity index is 1140. The van der Waals surface area contributed by atoms with Gasteiger partial charge < -0.3 is 24.8 Å². The van der Waals surface area contributed by atoms with Gasteiger partial charge in [0.05, 0.1) is 12.2 Å². The molecule has 2 N–H and O–H groups in total. The Morgan fingerprint density at radius 2 is 1.93 bits per heavy atom. The summed E-state index contributed by atoms with van der Waals surface area (Å²) in [5, 5.41) is 2.37. The molecule has 0 radical (unpaired) electrons. The molecule has 6 rings (SSSR count). The lowest BCUT2D eigenvalue weighted by Gasteiger charge is -2.22. The predicted molar refractivity (Wildman–Crippen MR) is 103 cm³/mol. The van der Waals surface area contributed by atoms with E-state index in [-0.39, 0.29) is 19.3 Å². The molecule has 3 aliphatic heterocycles. The molecule has 0 saturated carbocycles. The van der Waals surface area contributed by atoms with Gasteiger partial charge >= 0.3 is 0 Å². The van der Waals surface area contributed by atoms with Crippen LogP contribution in [0.15, 0.2) is 41.8 Å². The Morgan fingerprint density at radius 3 is 2.75 bits per heavy atom. The number of rotatable bonds is 2. The summed E-state index contributed by atoms with van der Waals surface area (Å²) in [5.74, 6) is 1.91. The standard InChI is InChI=1S/C20H15N3O4S/c21-19-22-11(8-28-19)7-23-14-4-2-1-3-12(14)20(18(23)24)9-25-15-6-17-16(5-13(15)20)26-10-27-17/h1-6,8H,7,9-10H2,(H2,21,22). The highest BCUT2D eigenvalue weighted by Gasteiger charge is 2.57. The number of aromatic nitrogens is 1. The molecule has 140 valence electrons. The van der Waals surface area contributed by atoms with Gasteiger partial charge in [-0.3, -0.25) is 4.79 Å². The molecule has 3 aromatic rings. The van der Waals surface area contributed by atoms with Crippen molar-refractivity contribution in [3.05, 3.63) is 58.6 Å². The van der Waals surface area contributed by atoms with Crippen molar-refractivity contribution in [2.24, 2.45) is 0 Å². The van der Waals surface area contributed by atoms with Crippen LogP contribution in [0.5, 0.6) is 17.2 Å². The highest BCUT2D eigenvalue weighted by atomic mass is 32.1. The maximum Gasteiger partial charge on any atom is 0.246 e. The second kappa shape index (κ2) is 5.39. The van der Waals surface area contributed by atoms with Crippen molar-refractivity contribution >= 4 is 28.1 Å². The van der Waals surface area contributed by atoms with E-state index in [9.17, 15) is 4.79 Å². The smallest absolute Gasteiger partial charge is 0.246 e. The maximum atomic E-state index is 13.8. The zero-order valence-corrected chi connectivity index (χ0v) is 15.5. The average Bonchev–Trinajstić information content (AvgIpc) is 3.45. The van der Waals surface area contributed by atoms with Crippen molar-refractivity contribution in [1.82, 2.24) is 4.98 Å². The lowest BCUT2D eigenvalue weighted by Crippen LogP contribution is -2.42. The monoisotopic (exact) mass is 393 g/mol. The first-order chi connectivity index (χ1) is 13.7. The van der Waals surface area contributed by atoms with E-state index in [4.69, 9.17) is 19.9 Å². The molecule has 0 saturated heterocycles. The average molecular weight is 393 g/mol. The van der Waals surface area contributed by atoms with Crippen molar-refractivity contribution in [2.75, 3.05) is 24.0 Å². The molecule has 8 heteroatoms. The minimum absolute atomic E-state index is 0.0297. The third-order valence-corrected chi connectivity index (χ3v) is 6.26. The number of carbonyl (C=O) groups excluding carboxylic acids is 1. The fraction of sp³-hybridized carbons (Fsp3) is 0.200. The largest absolute Gasteiger partial charge is 0.491 e. The van der Waals surface area contributed by atoms with Gasteiger partial charge in [0.15, 0.2) is 16.6 Å². The first-order valence-electron chi connectivity index (χ1n) is 8.85. The van der Waals surface area contributed by atoms with Crippen LogP contribution < -0.4 is 24.8 Å². The molecular weight excluding hydrogens is 378 g/mol. The van der Waals surface area contributed by atoms with Gasteiger partial charge in [0.1, 0.15) is 17.8 Å². The molecule has 7 nitrogen and oxygen atoms in total. The minimum Gasteiger partial charge on any atom is -0.491 e. The molecule has 28 heavy (non-hydrogen) atoms. The summed E-state index contributed by atoms with van der Waals surface area (Å²) in [7, 11) is 0. The summed E-state index contributed by atoms with van der Waals surface area (Å²) in [6, 6.07) is 11.5. The number of amides is 1. The van der Waals surface area contributed by atoms with E-state index >= 15 is 0 Å². The van der Waals surface area contributed by atoms with Gasteiger partial charge in [0.25, 0.3) is 0 Å². The van der Waals surface area contributed by atoms with Gasteiger partial charge in [-0.05, 0) is 17.7 Å². The minimum atomic E-state index is -0.894. The third kappa shape index (κ3) is 1.92. The number of hydrogen-bond acceptors (Lipinski definition) is 7.